The fourth-order valence-electron chi connectivity index (χ4n) is 1.56. The summed E-state index contributed by atoms with van der Waals surface area (Å²) in [5.74, 6) is -0.902. The molecule has 0 bridgehead atoms. The standard InChI is InChI=1S/C10H10F2O/c1-6-2-3-13-10-5-9(12)8(11)4-7(6)10/h4-6H,2-3H2,1H3. The fraction of sp³-hybridized carbons (Fsp3) is 0.400. The van der Waals surface area contributed by atoms with Crippen molar-refractivity contribution in [1.29, 1.82) is 0 Å². The van der Waals surface area contributed by atoms with Crippen LogP contribution in [0.2, 0.25) is 0 Å². The van der Waals surface area contributed by atoms with Crippen LogP contribution in [0.4, 0.5) is 8.78 Å². The lowest BCUT2D eigenvalue weighted by Gasteiger charge is -2.22. The summed E-state index contributed by atoms with van der Waals surface area (Å²) >= 11 is 0. The first-order valence-electron chi connectivity index (χ1n) is 4.30. The molecule has 0 N–H and O–H groups in total. The summed E-state index contributed by atoms with van der Waals surface area (Å²) in [7, 11) is 0. The van der Waals surface area contributed by atoms with E-state index in [-0.39, 0.29) is 5.92 Å². The van der Waals surface area contributed by atoms with Gasteiger partial charge in [-0.15, -0.1) is 0 Å². The molecule has 1 aliphatic heterocycles. The van der Waals surface area contributed by atoms with Crippen LogP contribution in [0.15, 0.2) is 12.1 Å². The van der Waals surface area contributed by atoms with Gasteiger partial charge in [0, 0.05) is 11.6 Å². The third-order valence-corrected chi connectivity index (χ3v) is 2.39. The van der Waals surface area contributed by atoms with E-state index in [9.17, 15) is 8.78 Å². The normalized spacial score (nSPS) is 20.7. The monoisotopic (exact) mass is 184 g/mol. The lowest BCUT2D eigenvalue weighted by Crippen LogP contribution is -2.12. The van der Waals surface area contributed by atoms with Gasteiger partial charge in [0.05, 0.1) is 6.61 Å². The van der Waals surface area contributed by atoms with Gasteiger partial charge >= 0.3 is 0 Å². The molecule has 0 saturated heterocycles. The first-order chi connectivity index (χ1) is 6.18. The van der Waals surface area contributed by atoms with E-state index >= 15 is 0 Å². The van der Waals surface area contributed by atoms with Gasteiger partial charge in [0.15, 0.2) is 11.6 Å². The Hall–Kier alpha value is -1.12. The van der Waals surface area contributed by atoms with Gasteiger partial charge in [-0.25, -0.2) is 8.78 Å². The molecule has 3 heteroatoms. The van der Waals surface area contributed by atoms with E-state index in [1.807, 2.05) is 6.92 Å². The predicted octanol–water partition coefficient (Wildman–Crippen LogP) is 2.85. The zero-order valence-corrected chi connectivity index (χ0v) is 7.31. The van der Waals surface area contributed by atoms with Crippen molar-refractivity contribution in [2.24, 2.45) is 0 Å². The maximum atomic E-state index is 12.8. The summed E-state index contributed by atoms with van der Waals surface area (Å²) in [5, 5.41) is 0. The molecule has 1 heterocycles. The molecule has 0 saturated carbocycles. The SMILES string of the molecule is CC1CCOc2cc(F)c(F)cc21. The van der Waals surface area contributed by atoms with E-state index in [1.54, 1.807) is 0 Å². The van der Waals surface area contributed by atoms with Gasteiger partial charge in [-0.1, -0.05) is 6.92 Å². The number of ether oxygens (including phenoxy) is 1. The molecule has 1 nitrogen and oxygen atoms in total. The second-order valence-corrected chi connectivity index (χ2v) is 3.34. The van der Waals surface area contributed by atoms with Crippen LogP contribution in [0.1, 0.15) is 24.8 Å². The summed E-state index contributed by atoms with van der Waals surface area (Å²) in [5.41, 5.74) is 0.769. The van der Waals surface area contributed by atoms with Crippen LogP contribution >= 0.6 is 0 Å². The second kappa shape index (κ2) is 2.98. The molecule has 1 atom stereocenters. The molecule has 1 unspecified atom stereocenters. The van der Waals surface area contributed by atoms with Crippen molar-refractivity contribution in [1.82, 2.24) is 0 Å². The predicted molar refractivity (Wildman–Crippen MR) is 44.9 cm³/mol. The van der Waals surface area contributed by atoms with E-state index in [2.05, 4.69) is 0 Å². The van der Waals surface area contributed by atoms with Gasteiger partial charge in [0.1, 0.15) is 5.75 Å². The maximum absolute atomic E-state index is 12.8. The molecule has 0 amide bonds. The number of hydrogen-bond acceptors (Lipinski definition) is 1. The van der Waals surface area contributed by atoms with Crippen LogP contribution in [0, 0.1) is 11.6 Å². The summed E-state index contributed by atoms with van der Waals surface area (Å²) < 4.78 is 30.9. The van der Waals surface area contributed by atoms with Crippen LogP contribution in [0.3, 0.4) is 0 Å². The van der Waals surface area contributed by atoms with E-state index in [0.717, 1.165) is 18.1 Å². The number of fused-ring (bicyclic) bond motifs is 1. The first-order valence-corrected chi connectivity index (χ1v) is 4.30. The van der Waals surface area contributed by atoms with Crippen molar-refractivity contribution in [3.8, 4) is 5.75 Å². The lowest BCUT2D eigenvalue weighted by atomic mass is 9.95. The smallest absolute Gasteiger partial charge is 0.162 e. The second-order valence-electron chi connectivity index (χ2n) is 3.34. The Kier molecular flexibility index (Phi) is 1.94. The molecule has 0 radical (unpaired) electrons. The minimum atomic E-state index is -0.840. The molecule has 1 aliphatic rings. The number of benzene rings is 1. The quantitative estimate of drug-likeness (QED) is 0.602. The summed E-state index contributed by atoms with van der Waals surface area (Å²) in [4.78, 5) is 0. The molecule has 2 rings (SSSR count). The van der Waals surface area contributed by atoms with E-state index in [1.165, 1.54) is 6.07 Å². The minimum Gasteiger partial charge on any atom is -0.493 e. The van der Waals surface area contributed by atoms with Gasteiger partial charge in [-0.2, -0.15) is 0 Å². The van der Waals surface area contributed by atoms with Crippen molar-refractivity contribution in [3.63, 3.8) is 0 Å². The molecule has 1 aromatic carbocycles. The Labute approximate surface area is 75.3 Å². The molecule has 0 spiro atoms. The number of halogens is 2. The van der Waals surface area contributed by atoms with Gasteiger partial charge in [0.25, 0.3) is 0 Å². The molecule has 0 aliphatic carbocycles. The molecule has 0 fully saturated rings. The molecular weight excluding hydrogens is 174 g/mol. The van der Waals surface area contributed by atoms with E-state index in [0.29, 0.717) is 12.4 Å². The van der Waals surface area contributed by atoms with Crippen LogP contribution in [-0.4, -0.2) is 6.61 Å². The van der Waals surface area contributed by atoms with E-state index < -0.39 is 11.6 Å². The van der Waals surface area contributed by atoms with Crippen LogP contribution in [0.25, 0.3) is 0 Å². The van der Waals surface area contributed by atoms with Crippen molar-refractivity contribution >= 4 is 0 Å². The van der Waals surface area contributed by atoms with Crippen LogP contribution in [-0.2, 0) is 0 Å². The zero-order chi connectivity index (χ0) is 9.42. The molecular formula is C10H10F2O. The molecule has 13 heavy (non-hydrogen) atoms. The highest BCUT2D eigenvalue weighted by molar-refractivity contribution is 5.38. The Morgan fingerprint density at radius 2 is 2.00 bits per heavy atom. The minimum absolute atomic E-state index is 0.249. The number of rotatable bonds is 0. The Morgan fingerprint density at radius 1 is 1.31 bits per heavy atom. The van der Waals surface area contributed by atoms with Crippen molar-refractivity contribution < 1.29 is 13.5 Å². The van der Waals surface area contributed by atoms with Crippen molar-refractivity contribution in [2.75, 3.05) is 6.61 Å². The Balaban J connectivity index is 2.52. The van der Waals surface area contributed by atoms with Gasteiger partial charge < -0.3 is 4.74 Å². The topological polar surface area (TPSA) is 9.23 Å². The highest BCUT2D eigenvalue weighted by Crippen LogP contribution is 2.34. The average molecular weight is 184 g/mol. The van der Waals surface area contributed by atoms with Crippen molar-refractivity contribution in [3.05, 3.63) is 29.3 Å². The van der Waals surface area contributed by atoms with Crippen LogP contribution in [0.5, 0.6) is 5.75 Å². The maximum Gasteiger partial charge on any atom is 0.162 e. The van der Waals surface area contributed by atoms with Crippen molar-refractivity contribution in [2.45, 2.75) is 19.3 Å². The third kappa shape index (κ3) is 1.39. The van der Waals surface area contributed by atoms with Gasteiger partial charge in [0.2, 0.25) is 0 Å². The van der Waals surface area contributed by atoms with Crippen LogP contribution < -0.4 is 4.74 Å². The summed E-state index contributed by atoms with van der Waals surface area (Å²) in [6, 6.07) is 2.36. The average Bonchev–Trinajstić information content (AvgIpc) is 2.09. The third-order valence-electron chi connectivity index (χ3n) is 2.39. The summed E-state index contributed by atoms with van der Waals surface area (Å²) in [6.45, 7) is 2.57. The largest absolute Gasteiger partial charge is 0.493 e. The highest BCUT2D eigenvalue weighted by atomic mass is 19.2. The number of hydrogen-bond donors (Lipinski definition) is 0. The zero-order valence-electron chi connectivity index (χ0n) is 7.31. The lowest BCUT2D eigenvalue weighted by molar-refractivity contribution is 0.269. The Morgan fingerprint density at radius 3 is 2.77 bits per heavy atom. The van der Waals surface area contributed by atoms with E-state index in [4.69, 9.17) is 4.74 Å². The molecule has 70 valence electrons. The Bertz CT molecular complexity index is 336. The first kappa shape index (κ1) is 8.48. The van der Waals surface area contributed by atoms with Gasteiger partial charge in [-0.05, 0) is 18.4 Å². The molecule has 0 aromatic heterocycles. The fourth-order valence-corrected chi connectivity index (χ4v) is 1.56. The summed E-state index contributed by atoms with van der Waals surface area (Å²) in [6.07, 6.45) is 0.859. The molecule has 1 aromatic rings. The van der Waals surface area contributed by atoms with Gasteiger partial charge in [-0.3, -0.25) is 0 Å². The highest BCUT2D eigenvalue weighted by Gasteiger charge is 2.20.